The number of aliphatic hydroxyl groups excluding tert-OH is 1. The zero-order valence-corrected chi connectivity index (χ0v) is 18.1. The molecule has 0 saturated carbocycles. The zero-order valence-electron chi connectivity index (χ0n) is 17.3. The van der Waals surface area contributed by atoms with E-state index in [9.17, 15) is 9.90 Å². The fourth-order valence-corrected chi connectivity index (χ4v) is 3.58. The maximum Gasteiger partial charge on any atom is 0.214 e. The second-order valence-corrected chi connectivity index (χ2v) is 7.78. The molecular formula is C21H24N4O4S. The Morgan fingerprint density at radius 2 is 2.03 bits per heavy atom. The van der Waals surface area contributed by atoms with Gasteiger partial charge in [-0.1, -0.05) is 23.9 Å². The lowest BCUT2D eigenvalue weighted by Gasteiger charge is -2.15. The van der Waals surface area contributed by atoms with E-state index in [0.717, 1.165) is 16.8 Å². The Balaban J connectivity index is 1.61. The largest absolute Gasteiger partial charge is 0.493 e. The average molecular weight is 429 g/mol. The fourth-order valence-electron chi connectivity index (χ4n) is 2.80. The smallest absolute Gasteiger partial charge is 0.214 e. The zero-order chi connectivity index (χ0) is 21.7. The number of aliphatic hydroxyl groups is 1. The Morgan fingerprint density at radius 3 is 2.77 bits per heavy atom. The first kappa shape index (κ1) is 21.8. The number of aryl methyl sites for hydroxylation is 1. The van der Waals surface area contributed by atoms with Crippen LogP contribution in [0.5, 0.6) is 11.5 Å². The number of aromatic nitrogens is 4. The maximum atomic E-state index is 11.5. The highest BCUT2D eigenvalue weighted by molar-refractivity contribution is 7.99. The van der Waals surface area contributed by atoms with Gasteiger partial charge < -0.3 is 14.6 Å². The van der Waals surface area contributed by atoms with Gasteiger partial charge in [0.25, 0.3) is 0 Å². The van der Waals surface area contributed by atoms with Crippen molar-refractivity contribution in [3.63, 3.8) is 0 Å². The van der Waals surface area contributed by atoms with Gasteiger partial charge in [-0.15, -0.1) is 5.10 Å². The van der Waals surface area contributed by atoms with Crippen LogP contribution < -0.4 is 9.47 Å². The Bertz CT molecular complexity index is 1040. The molecule has 2 aromatic carbocycles. The van der Waals surface area contributed by atoms with E-state index in [2.05, 4.69) is 15.5 Å². The first-order valence-electron chi connectivity index (χ1n) is 9.38. The standard InChI is InChI=1S/C21H24N4O4S/c1-13-6-5-7-18(14(13)2)25-21(22-23-24-25)30-12-17(27)11-29-19-9-8-16(15(3)26)10-20(19)28-4/h5-10,17,27H,11-12H2,1-4H3/t17-/m1/s1. The summed E-state index contributed by atoms with van der Waals surface area (Å²) in [6.45, 7) is 5.61. The molecular weight excluding hydrogens is 404 g/mol. The second kappa shape index (κ2) is 9.73. The van der Waals surface area contributed by atoms with Crippen molar-refractivity contribution in [3.8, 4) is 17.2 Å². The quantitative estimate of drug-likeness (QED) is 0.410. The summed E-state index contributed by atoms with van der Waals surface area (Å²) >= 11 is 1.34. The van der Waals surface area contributed by atoms with Crippen molar-refractivity contribution >= 4 is 17.5 Å². The molecule has 30 heavy (non-hydrogen) atoms. The van der Waals surface area contributed by atoms with E-state index in [-0.39, 0.29) is 12.4 Å². The molecule has 0 aliphatic heterocycles. The number of carbonyl (C=O) groups excluding carboxylic acids is 1. The topological polar surface area (TPSA) is 99.4 Å². The molecule has 1 heterocycles. The van der Waals surface area contributed by atoms with Crippen LogP contribution in [0.4, 0.5) is 0 Å². The molecule has 1 atom stereocenters. The summed E-state index contributed by atoms with van der Waals surface area (Å²) in [6.07, 6.45) is -0.754. The number of carbonyl (C=O) groups is 1. The van der Waals surface area contributed by atoms with Gasteiger partial charge in [0.1, 0.15) is 6.61 Å². The van der Waals surface area contributed by atoms with E-state index >= 15 is 0 Å². The van der Waals surface area contributed by atoms with Crippen LogP contribution in [0.25, 0.3) is 5.69 Å². The molecule has 158 valence electrons. The van der Waals surface area contributed by atoms with Crippen LogP contribution in [-0.2, 0) is 0 Å². The molecule has 0 saturated heterocycles. The van der Waals surface area contributed by atoms with Gasteiger partial charge in [0.05, 0.1) is 18.9 Å². The van der Waals surface area contributed by atoms with Crippen molar-refractivity contribution in [1.29, 1.82) is 0 Å². The monoisotopic (exact) mass is 428 g/mol. The van der Waals surface area contributed by atoms with Crippen molar-refractivity contribution in [3.05, 3.63) is 53.1 Å². The van der Waals surface area contributed by atoms with E-state index in [1.807, 2.05) is 32.0 Å². The third kappa shape index (κ3) is 4.98. The molecule has 0 unspecified atom stereocenters. The first-order chi connectivity index (χ1) is 14.4. The lowest BCUT2D eigenvalue weighted by atomic mass is 10.1. The number of rotatable bonds is 9. The lowest BCUT2D eigenvalue weighted by Crippen LogP contribution is -2.20. The molecule has 8 nitrogen and oxygen atoms in total. The van der Waals surface area contributed by atoms with Gasteiger partial charge in [0.15, 0.2) is 17.3 Å². The van der Waals surface area contributed by atoms with Gasteiger partial charge in [-0.25, -0.2) is 0 Å². The number of ether oxygens (including phenoxy) is 2. The summed E-state index contributed by atoms with van der Waals surface area (Å²) in [5.74, 6) is 1.20. The van der Waals surface area contributed by atoms with E-state index in [1.165, 1.54) is 25.8 Å². The van der Waals surface area contributed by atoms with E-state index in [0.29, 0.717) is 28.0 Å². The normalized spacial score (nSPS) is 11.9. The van der Waals surface area contributed by atoms with Crippen LogP contribution in [0.2, 0.25) is 0 Å². The van der Waals surface area contributed by atoms with Crippen molar-refractivity contribution in [2.24, 2.45) is 0 Å². The van der Waals surface area contributed by atoms with Crippen LogP contribution in [0.3, 0.4) is 0 Å². The molecule has 9 heteroatoms. The minimum Gasteiger partial charge on any atom is -0.493 e. The summed E-state index contributed by atoms with van der Waals surface area (Å²) in [5, 5.41) is 22.9. The Hall–Kier alpha value is -2.91. The number of tetrazole rings is 1. The SMILES string of the molecule is COc1cc(C(C)=O)ccc1OC[C@@H](O)CSc1nnnn1-c1cccc(C)c1C. The summed E-state index contributed by atoms with van der Waals surface area (Å²) in [6, 6.07) is 10.9. The van der Waals surface area contributed by atoms with Crippen molar-refractivity contribution in [2.45, 2.75) is 32.0 Å². The number of nitrogens with zero attached hydrogens (tertiary/aromatic N) is 4. The maximum absolute atomic E-state index is 11.5. The lowest BCUT2D eigenvalue weighted by molar-refractivity contribution is 0.101. The van der Waals surface area contributed by atoms with Crippen LogP contribution in [0, 0.1) is 13.8 Å². The van der Waals surface area contributed by atoms with Gasteiger partial charge in [-0.2, -0.15) is 4.68 Å². The Morgan fingerprint density at radius 1 is 1.23 bits per heavy atom. The number of benzene rings is 2. The van der Waals surface area contributed by atoms with Gasteiger partial charge >= 0.3 is 0 Å². The van der Waals surface area contributed by atoms with E-state index < -0.39 is 6.10 Å². The van der Waals surface area contributed by atoms with Crippen LogP contribution in [0.15, 0.2) is 41.6 Å². The molecule has 0 spiro atoms. The first-order valence-corrected chi connectivity index (χ1v) is 10.4. The molecule has 3 rings (SSSR count). The Kier molecular flexibility index (Phi) is 7.07. The van der Waals surface area contributed by atoms with Gasteiger partial charge in [0.2, 0.25) is 5.16 Å². The highest BCUT2D eigenvalue weighted by atomic mass is 32.2. The predicted octanol–water partition coefficient (Wildman–Crippen LogP) is 3.02. The van der Waals surface area contributed by atoms with Crippen LogP contribution in [0.1, 0.15) is 28.4 Å². The second-order valence-electron chi connectivity index (χ2n) is 6.79. The van der Waals surface area contributed by atoms with Crippen molar-refractivity contribution in [1.82, 2.24) is 20.2 Å². The predicted molar refractivity (Wildman–Crippen MR) is 114 cm³/mol. The number of Topliss-reactive ketones (excluding diaryl/α,β-unsaturated/α-hetero) is 1. The molecule has 1 N–H and O–H groups in total. The highest BCUT2D eigenvalue weighted by Gasteiger charge is 2.16. The Labute approximate surface area is 179 Å². The summed E-state index contributed by atoms with van der Waals surface area (Å²) < 4.78 is 12.6. The number of ketones is 1. The van der Waals surface area contributed by atoms with Crippen molar-refractivity contribution < 1.29 is 19.4 Å². The molecule has 1 aromatic heterocycles. The molecule has 0 aliphatic rings. The number of hydrogen-bond acceptors (Lipinski definition) is 8. The average Bonchev–Trinajstić information content (AvgIpc) is 3.20. The highest BCUT2D eigenvalue weighted by Crippen LogP contribution is 2.29. The minimum atomic E-state index is -0.754. The van der Waals surface area contributed by atoms with Crippen LogP contribution >= 0.6 is 11.8 Å². The number of thioether (sulfide) groups is 1. The third-order valence-electron chi connectivity index (χ3n) is 4.65. The molecule has 0 bridgehead atoms. The van der Waals surface area contributed by atoms with Gasteiger partial charge in [-0.05, 0) is 66.6 Å². The molecule has 3 aromatic rings. The molecule has 0 fully saturated rings. The summed E-state index contributed by atoms with van der Waals surface area (Å²) in [4.78, 5) is 11.5. The van der Waals surface area contributed by atoms with E-state index in [4.69, 9.17) is 9.47 Å². The van der Waals surface area contributed by atoms with E-state index in [1.54, 1.807) is 22.9 Å². The summed E-state index contributed by atoms with van der Waals surface area (Å²) in [7, 11) is 1.51. The number of hydrogen-bond donors (Lipinski definition) is 1. The molecule has 0 aliphatic carbocycles. The fraction of sp³-hybridized carbons (Fsp3) is 0.333. The van der Waals surface area contributed by atoms with Gasteiger partial charge in [-0.3, -0.25) is 4.79 Å². The summed E-state index contributed by atoms with van der Waals surface area (Å²) in [5.41, 5.74) is 3.69. The number of methoxy groups -OCH3 is 1. The molecule has 0 amide bonds. The molecule has 0 radical (unpaired) electrons. The van der Waals surface area contributed by atoms with Gasteiger partial charge in [0, 0.05) is 11.3 Å². The minimum absolute atomic E-state index is 0.0575. The van der Waals surface area contributed by atoms with Crippen molar-refractivity contribution in [2.75, 3.05) is 19.5 Å². The van der Waals surface area contributed by atoms with Crippen LogP contribution in [-0.4, -0.2) is 56.7 Å². The third-order valence-corrected chi connectivity index (χ3v) is 5.72.